The normalized spacial score (nSPS) is 11.3. The molecule has 0 aliphatic rings. The second-order valence-corrected chi connectivity index (χ2v) is 6.26. The Morgan fingerprint density at radius 3 is 2.40 bits per heavy atom. The van der Waals surface area contributed by atoms with Crippen LogP contribution in [0, 0.1) is 6.92 Å². The molecule has 0 radical (unpaired) electrons. The van der Waals surface area contributed by atoms with E-state index < -0.39 is 10.0 Å². The number of nitrogens with two attached hydrogens (primary N) is 1. The van der Waals surface area contributed by atoms with Crippen LogP contribution in [0.5, 0.6) is 0 Å². The molecule has 0 fully saturated rings. The quantitative estimate of drug-likeness (QED) is 0.754. The number of hydrogen-bond donors (Lipinski definition) is 3. The van der Waals surface area contributed by atoms with Gasteiger partial charge >= 0.3 is 0 Å². The van der Waals surface area contributed by atoms with Crippen molar-refractivity contribution < 1.29 is 8.42 Å². The molecule has 0 atom stereocenters. The topological polar surface area (TPSA) is 84.2 Å². The van der Waals surface area contributed by atoms with Crippen LogP contribution in [0.3, 0.4) is 0 Å². The maximum atomic E-state index is 11.7. The molecule has 106 valence electrons. The van der Waals surface area contributed by atoms with Gasteiger partial charge in [-0.15, -0.1) is 0 Å². The van der Waals surface area contributed by atoms with E-state index in [0.29, 0.717) is 0 Å². The van der Waals surface area contributed by atoms with Crippen molar-refractivity contribution in [1.29, 1.82) is 0 Å². The van der Waals surface area contributed by atoms with Crippen molar-refractivity contribution in [2.45, 2.75) is 11.8 Å². The molecule has 5 nitrogen and oxygen atoms in total. The number of hydrogen-bond acceptors (Lipinski definition) is 4. The molecule has 0 spiro atoms. The van der Waals surface area contributed by atoms with E-state index in [2.05, 4.69) is 10.0 Å². The third kappa shape index (κ3) is 2.92. The van der Waals surface area contributed by atoms with Crippen LogP contribution in [0.1, 0.15) is 5.56 Å². The Kier molecular flexibility index (Phi) is 3.96. The number of rotatable bonds is 4. The molecule has 4 N–H and O–H groups in total. The maximum absolute atomic E-state index is 11.7. The highest BCUT2D eigenvalue weighted by Gasteiger charge is 2.15. The average molecular weight is 291 g/mol. The van der Waals surface area contributed by atoms with Crippen LogP contribution in [0.4, 0.5) is 17.1 Å². The Labute approximate surface area is 118 Å². The molecule has 2 rings (SSSR count). The lowest BCUT2D eigenvalue weighted by molar-refractivity contribution is 0.588. The van der Waals surface area contributed by atoms with E-state index in [1.165, 1.54) is 13.1 Å². The van der Waals surface area contributed by atoms with Gasteiger partial charge in [0.2, 0.25) is 10.0 Å². The number of anilines is 3. The Balaban J connectivity index is 2.33. The molecule has 2 aromatic carbocycles. The summed E-state index contributed by atoms with van der Waals surface area (Å²) in [5, 5.41) is 3.21. The fourth-order valence-corrected chi connectivity index (χ4v) is 2.69. The molecule has 0 aromatic heterocycles. The number of aryl methyl sites for hydroxylation is 1. The van der Waals surface area contributed by atoms with Gasteiger partial charge in [0.05, 0.1) is 5.69 Å². The molecule has 0 saturated carbocycles. The first-order chi connectivity index (χ1) is 9.44. The van der Waals surface area contributed by atoms with Crippen LogP contribution >= 0.6 is 0 Å². The van der Waals surface area contributed by atoms with Gasteiger partial charge in [-0.25, -0.2) is 13.1 Å². The van der Waals surface area contributed by atoms with Crippen LogP contribution in [0.2, 0.25) is 0 Å². The third-order valence-electron chi connectivity index (χ3n) is 2.99. The van der Waals surface area contributed by atoms with Gasteiger partial charge in [-0.1, -0.05) is 18.2 Å². The molecular formula is C14H17N3O2S. The summed E-state index contributed by atoms with van der Waals surface area (Å²) in [5.41, 5.74) is 8.81. The van der Waals surface area contributed by atoms with E-state index in [0.717, 1.165) is 16.9 Å². The van der Waals surface area contributed by atoms with Gasteiger partial charge < -0.3 is 11.1 Å². The summed E-state index contributed by atoms with van der Waals surface area (Å²) in [7, 11) is -2.17. The summed E-state index contributed by atoms with van der Waals surface area (Å²) in [6.07, 6.45) is 0. The number of benzene rings is 2. The minimum Gasteiger partial charge on any atom is -0.398 e. The first-order valence-electron chi connectivity index (χ1n) is 6.10. The molecule has 0 aliphatic carbocycles. The fourth-order valence-electron chi connectivity index (χ4n) is 1.85. The Morgan fingerprint density at radius 1 is 1.10 bits per heavy atom. The van der Waals surface area contributed by atoms with Crippen molar-refractivity contribution >= 4 is 27.1 Å². The molecule has 2 aromatic rings. The monoisotopic (exact) mass is 291 g/mol. The fraction of sp³-hybridized carbons (Fsp3) is 0.143. The molecule has 0 amide bonds. The average Bonchev–Trinajstić information content (AvgIpc) is 2.41. The zero-order valence-electron chi connectivity index (χ0n) is 11.3. The molecule has 0 bridgehead atoms. The van der Waals surface area contributed by atoms with E-state index in [-0.39, 0.29) is 10.6 Å². The van der Waals surface area contributed by atoms with Gasteiger partial charge in [-0.2, -0.15) is 0 Å². The zero-order chi connectivity index (χ0) is 14.8. The van der Waals surface area contributed by atoms with Crippen molar-refractivity contribution in [3.63, 3.8) is 0 Å². The van der Waals surface area contributed by atoms with Crippen LogP contribution in [0.15, 0.2) is 47.4 Å². The Hall–Kier alpha value is -2.05. The number of para-hydroxylation sites is 1. The number of sulfonamides is 1. The molecule has 0 unspecified atom stereocenters. The van der Waals surface area contributed by atoms with Gasteiger partial charge in [-0.05, 0) is 43.8 Å². The molecule has 0 saturated heterocycles. The minimum atomic E-state index is -3.53. The van der Waals surface area contributed by atoms with E-state index in [1.54, 1.807) is 12.1 Å². The largest absolute Gasteiger partial charge is 0.398 e. The van der Waals surface area contributed by atoms with Gasteiger partial charge in [0, 0.05) is 11.4 Å². The van der Waals surface area contributed by atoms with Crippen molar-refractivity contribution in [1.82, 2.24) is 4.72 Å². The van der Waals surface area contributed by atoms with Crippen molar-refractivity contribution in [3.8, 4) is 0 Å². The van der Waals surface area contributed by atoms with Gasteiger partial charge in [-0.3, -0.25) is 0 Å². The van der Waals surface area contributed by atoms with Gasteiger partial charge in [0.1, 0.15) is 4.90 Å². The highest BCUT2D eigenvalue weighted by atomic mass is 32.2. The lowest BCUT2D eigenvalue weighted by Crippen LogP contribution is -2.19. The van der Waals surface area contributed by atoms with E-state index in [4.69, 9.17) is 5.73 Å². The Morgan fingerprint density at radius 2 is 1.80 bits per heavy atom. The van der Waals surface area contributed by atoms with Crippen molar-refractivity contribution in [3.05, 3.63) is 48.0 Å². The zero-order valence-corrected chi connectivity index (χ0v) is 12.2. The van der Waals surface area contributed by atoms with Gasteiger partial charge in [0.15, 0.2) is 0 Å². The second-order valence-electron chi connectivity index (χ2n) is 4.40. The second kappa shape index (κ2) is 5.52. The molecule has 0 heterocycles. The van der Waals surface area contributed by atoms with Crippen molar-refractivity contribution in [2.24, 2.45) is 0 Å². The highest BCUT2D eigenvalue weighted by Crippen LogP contribution is 2.25. The van der Waals surface area contributed by atoms with Crippen LogP contribution in [0.25, 0.3) is 0 Å². The minimum absolute atomic E-state index is 0.0790. The van der Waals surface area contributed by atoms with Gasteiger partial charge in [0.25, 0.3) is 0 Å². The van der Waals surface area contributed by atoms with Crippen LogP contribution in [-0.2, 0) is 10.0 Å². The summed E-state index contributed by atoms with van der Waals surface area (Å²) in [6.45, 7) is 1.99. The van der Waals surface area contributed by atoms with Crippen molar-refractivity contribution in [2.75, 3.05) is 18.1 Å². The summed E-state index contributed by atoms with van der Waals surface area (Å²) in [4.78, 5) is 0.0790. The van der Waals surface area contributed by atoms with E-state index in [9.17, 15) is 8.42 Å². The maximum Gasteiger partial charge on any atom is 0.242 e. The number of nitrogens with one attached hydrogen (secondary N) is 2. The summed E-state index contributed by atoms with van der Waals surface area (Å²) >= 11 is 0. The lowest BCUT2D eigenvalue weighted by Gasteiger charge is -2.12. The predicted molar refractivity (Wildman–Crippen MR) is 81.6 cm³/mol. The lowest BCUT2D eigenvalue weighted by atomic mass is 10.2. The highest BCUT2D eigenvalue weighted by molar-refractivity contribution is 7.89. The molecule has 6 heteroatoms. The summed E-state index contributed by atoms with van der Waals surface area (Å²) in [6, 6.07) is 12.6. The van der Waals surface area contributed by atoms with E-state index in [1.807, 2.05) is 31.2 Å². The Bertz CT molecular complexity index is 727. The molecule has 0 aliphatic heterocycles. The standard InChI is InChI=1S/C14H17N3O2S/c1-10-5-3-4-6-13(10)17-11-7-8-14(12(15)9-11)20(18,19)16-2/h3-9,16-17H,15H2,1-2H3. The molecule has 20 heavy (non-hydrogen) atoms. The molecular weight excluding hydrogens is 274 g/mol. The van der Waals surface area contributed by atoms with Crippen LogP contribution in [-0.4, -0.2) is 15.5 Å². The first-order valence-corrected chi connectivity index (χ1v) is 7.58. The SMILES string of the molecule is CNS(=O)(=O)c1ccc(Nc2ccccc2C)cc1N. The third-order valence-corrected chi connectivity index (χ3v) is 4.48. The summed E-state index contributed by atoms with van der Waals surface area (Å²) in [5.74, 6) is 0. The summed E-state index contributed by atoms with van der Waals surface area (Å²) < 4.78 is 25.7. The smallest absolute Gasteiger partial charge is 0.242 e. The predicted octanol–water partition coefficient (Wildman–Crippen LogP) is 2.23. The van der Waals surface area contributed by atoms with E-state index >= 15 is 0 Å². The van der Waals surface area contributed by atoms with Crippen LogP contribution < -0.4 is 15.8 Å². The number of nitrogen functional groups attached to an aromatic ring is 1. The first kappa shape index (κ1) is 14.4.